The van der Waals surface area contributed by atoms with Crippen LogP contribution in [0.3, 0.4) is 0 Å². The molecule has 114 valence electrons. The Labute approximate surface area is 126 Å². The average Bonchev–Trinajstić information content (AvgIpc) is 2.91. The molecule has 1 aliphatic heterocycles. The van der Waals surface area contributed by atoms with E-state index in [-0.39, 0.29) is 0 Å². The van der Waals surface area contributed by atoms with E-state index in [2.05, 4.69) is 40.0 Å². The Morgan fingerprint density at radius 2 is 1.95 bits per heavy atom. The van der Waals surface area contributed by atoms with Crippen LogP contribution in [-0.2, 0) is 6.42 Å². The number of nitrogens with zero attached hydrogens (tertiary/aromatic N) is 2. The van der Waals surface area contributed by atoms with Crippen molar-refractivity contribution < 1.29 is 4.74 Å². The Bertz CT molecular complexity index is 585. The molecule has 1 aromatic carbocycles. The van der Waals surface area contributed by atoms with Crippen molar-refractivity contribution in [3.8, 4) is 5.75 Å². The van der Waals surface area contributed by atoms with Crippen LogP contribution in [-0.4, -0.2) is 61.7 Å². The van der Waals surface area contributed by atoms with Gasteiger partial charge in [-0.05, 0) is 50.7 Å². The summed E-state index contributed by atoms with van der Waals surface area (Å²) in [6.45, 7) is 6.02. The van der Waals surface area contributed by atoms with Crippen molar-refractivity contribution in [1.82, 2.24) is 14.8 Å². The maximum Gasteiger partial charge on any atom is 0.119 e. The number of H-pyrrole nitrogens is 1. The quantitative estimate of drug-likeness (QED) is 0.916. The van der Waals surface area contributed by atoms with Crippen LogP contribution in [0.5, 0.6) is 5.75 Å². The first-order chi connectivity index (χ1) is 10.2. The molecule has 0 spiro atoms. The van der Waals surface area contributed by atoms with Crippen LogP contribution in [0.4, 0.5) is 0 Å². The number of likely N-dealkylation sites (N-methyl/N-ethyl adjacent to an activating group) is 1. The number of aryl methyl sites for hydroxylation is 1. The van der Waals surface area contributed by atoms with Crippen LogP contribution < -0.4 is 4.74 Å². The average molecular weight is 287 g/mol. The van der Waals surface area contributed by atoms with E-state index in [4.69, 9.17) is 4.74 Å². The summed E-state index contributed by atoms with van der Waals surface area (Å²) in [4.78, 5) is 8.49. The molecule has 1 saturated heterocycles. The van der Waals surface area contributed by atoms with Crippen molar-refractivity contribution in [3.05, 3.63) is 30.0 Å². The van der Waals surface area contributed by atoms with E-state index in [0.717, 1.165) is 12.2 Å². The van der Waals surface area contributed by atoms with Gasteiger partial charge in [-0.1, -0.05) is 0 Å². The zero-order valence-electron chi connectivity index (χ0n) is 13.1. The minimum absolute atomic E-state index is 0.922. The molecule has 21 heavy (non-hydrogen) atoms. The highest BCUT2D eigenvalue weighted by Gasteiger charge is 2.13. The maximum atomic E-state index is 5.28. The van der Waals surface area contributed by atoms with Gasteiger partial charge in [-0.3, -0.25) is 0 Å². The molecule has 2 aromatic rings. The van der Waals surface area contributed by atoms with Crippen LogP contribution in [0, 0.1) is 0 Å². The Hall–Kier alpha value is -1.52. The third kappa shape index (κ3) is 3.57. The van der Waals surface area contributed by atoms with Gasteiger partial charge in [0.05, 0.1) is 7.11 Å². The topological polar surface area (TPSA) is 31.5 Å². The number of rotatable bonds is 5. The summed E-state index contributed by atoms with van der Waals surface area (Å²) in [6, 6.07) is 8.45. The molecule has 0 unspecified atom stereocenters. The lowest BCUT2D eigenvalue weighted by atomic mass is 10.2. The minimum atomic E-state index is 0.922. The zero-order chi connectivity index (χ0) is 14.7. The van der Waals surface area contributed by atoms with Crippen LogP contribution >= 0.6 is 0 Å². The molecule has 0 bridgehead atoms. The van der Waals surface area contributed by atoms with Gasteiger partial charge < -0.3 is 19.5 Å². The number of hydrogen-bond acceptors (Lipinski definition) is 3. The molecule has 1 fully saturated rings. The Kier molecular flexibility index (Phi) is 4.46. The molecule has 1 aliphatic rings. The van der Waals surface area contributed by atoms with Crippen LogP contribution in [0.15, 0.2) is 24.3 Å². The highest BCUT2D eigenvalue weighted by molar-refractivity contribution is 5.81. The highest BCUT2D eigenvalue weighted by Crippen LogP contribution is 2.22. The van der Waals surface area contributed by atoms with Crippen molar-refractivity contribution in [2.75, 3.05) is 46.9 Å². The number of methoxy groups -OCH3 is 1. The number of piperazine rings is 1. The van der Waals surface area contributed by atoms with Crippen molar-refractivity contribution in [3.63, 3.8) is 0 Å². The SMILES string of the molecule is COc1ccc2[nH]c(CCCN3CCN(C)CC3)cc2c1. The fraction of sp³-hybridized carbons (Fsp3) is 0.529. The summed E-state index contributed by atoms with van der Waals surface area (Å²) in [7, 11) is 3.92. The third-order valence-corrected chi connectivity index (χ3v) is 4.40. The molecule has 3 rings (SSSR count). The van der Waals surface area contributed by atoms with Gasteiger partial charge in [0.2, 0.25) is 0 Å². The maximum absolute atomic E-state index is 5.28. The number of nitrogens with one attached hydrogen (secondary N) is 1. The van der Waals surface area contributed by atoms with Gasteiger partial charge >= 0.3 is 0 Å². The number of ether oxygens (including phenoxy) is 1. The van der Waals surface area contributed by atoms with Gasteiger partial charge in [-0.2, -0.15) is 0 Å². The molecule has 1 aromatic heterocycles. The molecule has 1 N–H and O–H groups in total. The van der Waals surface area contributed by atoms with Crippen molar-refractivity contribution in [2.45, 2.75) is 12.8 Å². The smallest absolute Gasteiger partial charge is 0.119 e. The summed E-state index contributed by atoms with van der Waals surface area (Å²) < 4.78 is 5.28. The summed E-state index contributed by atoms with van der Waals surface area (Å²) in [6.07, 6.45) is 2.33. The van der Waals surface area contributed by atoms with E-state index in [9.17, 15) is 0 Å². The minimum Gasteiger partial charge on any atom is -0.497 e. The molecule has 4 heteroatoms. The first-order valence-electron chi connectivity index (χ1n) is 7.81. The van der Waals surface area contributed by atoms with Gasteiger partial charge in [0.15, 0.2) is 0 Å². The molecule has 0 saturated carbocycles. The summed E-state index contributed by atoms with van der Waals surface area (Å²) in [5, 5.41) is 1.24. The lowest BCUT2D eigenvalue weighted by Crippen LogP contribution is -2.44. The predicted octanol–water partition coefficient (Wildman–Crippen LogP) is 2.36. The Morgan fingerprint density at radius 1 is 1.14 bits per heavy atom. The molecule has 0 radical (unpaired) electrons. The first kappa shape index (κ1) is 14.4. The molecular weight excluding hydrogens is 262 g/mol. The number of aromatic nitrogens is 1. The van der Waals surface area contributed by atoms with Gasteiger partial charge in [-0.15, -0.1) is 0 Å². The lowest BCUT2D eigenvalue weighted by molar-refractivity contribution is 0.153. The largest absolute Gasteiger partial charge is 0.497 e. The van der Waals surface area contributed by atoms with Crippen LogP contribution in [0.1, 0.15) is 12.1 Å². The molecule has 0 atom stereocenters. The fourth-order valence-corrected chi connectivity index (χ4v) is 3.00. The number of aromatic amines is 1. The molecule has 4 nitrogen and oxygen atoms in total. The monoisotopic (exact) mass is 287 g/mol. The molecule has 0 aliphatic carbocycles. The number of fused-ring (bicyclic) bond motifs is 1. The second-order valence-corrected chi connectivity index (χ2v) is 6.00. The van der Waals surface area contributed by atoms with Gasteiger partial charge in [0.1, 0.15) is 5.75 Å². The van der Waals surface area contributed by atoms with E-state index in [1.165, 1.54) is 55.7 Å². The Morgan fingerprint density at radius 3 is 2.71 bits per heavy atom. The van der Waals surface area contributed by atoms with E-state index < -0.39 is 0 Å². The summed E-state index contributed by atoms with van der Waals surface area (Å²) in [5.41, 5.74) is 2.53. The highest BCUT2D eigenvalue weighted by atomic mass is 16.5. The lowest BCUT2D eigenvalue weighted by Gasteiger charge is -2.32. The number of hydrogen-bond donors (Lipinski definition) is 1. The number of benzene rings is 1. The first-order valence-corrected chi connectivity index (χ1v) is 7.81. The van der Waals surface area contributed by atoms with E-state index in [0.29, 0.717) is 0 Å². The van der Waals surface area contributed by atoms with Crippen molar-refractivity contribution in [1.29, 1.82) is 0 Å². The zero-order valence-corrected chi connectivity index (χ0v) is 13.1. The second-order valence-electron chi connectivity index (χ2n) is 6.00. The normalized spacial score (nSPS) is 17.4. The van der Waals surface area contributed by atoms with Crippen molar-refractivity contribution >= 4 is 10.9 Å². The molecule has 2 heterocycles. The predicted molar refractivity (Wildman–Crippen MR) is 87.1 cm³/mol. The van der Waals surface area contributed by atoms with E-state index in [1.54, 1.807) is 7.11 Å². The summed E-state index contributed by atoms with van der Waals surface area (Å²) in [5.74, 6) is 0.922. The van der Waals surface area contributed by atoms with Crippen molar-refractivity contribution in [2.24, 2.45) is 0 Å². The Balaban J connectivity index is 1.53. The van der Waals surface area contributed by atoms with Gasteiger partial charge in [0, 0.05) is 42.8 Å². The third-order valence-electron chi connectivity index (χ3n) is 4.40. The standard InChI is InChI=1S/C17H25N3O/c1-19-8-10-20(11-9-19)7-3-4-15-12-14-13-16(21-2)5-6-17(14)18-15/h5-6,12-13,18H,3-4,7-11H2,1-2H3. The van der Waals surface area contributed by atoms with Crippen LogP contribution in [0.25, 0.3) is 10.9 Å². The second kappa shape index (κ2) is 6.50. The van der Waals surface area contributed by atoms with Crippen LogP contribution in [0.2, 0.25) is 0 Å². The molecular formula is C17H25N3O. The van der Waals surface area contributed by atoms with E-state index >= 15 is 0 Å². The summed E-state index contributed by atoms with van der Waals surface area (Å²) >= 11 is 0. The van der Waals surface area contributed by atoms with Gasteiger partial charge in [0.25, 0.3) is 0 Å². The fourth-order valence-electron chi connectivity index (χ4n) is 3.00. The van der Waals surface area contributed by atoms with E-state index in [1.807, 2.05) is 6.07 Å². The van der Waals surface area contributed by atoms with Gasteiger partial charge in [-0.25, -0.2) is 0 Å². The molecule has 0 amide bonds.